The second kappa shape index (κ2) is 12.9. The van der Waals surface area contributed by atoms with Gasteiger partial charge in [-0.25, -0.2) is 0 Å². The third-order valence-corrected chi connectivity index (χ3v) is 4.31. The van der Waals surface area contributed by atoms with Crippen LogP contribution in [0.25, 0.3) is 0 Å². The normalized spacial score (nSPS) is 16.4. The van der Waals surface area contributed by atoms with Crippen molar-refractivity contribution in [2.45, 2.75) is 32.3 Å². The Labute approximate surface area is 179 Å². The van der Waals surface area contributed by atoms with Crippen LogP contribution in [0.15, 0.2) is 17.1 Å². The van der Waals surface area contributed by atoms with Crippen molar-refractivity contribution < 1.29 is 18.9 Å². The first-order valence-corrected chi connectivity index (χ1v) is 9.14. The average Bonchev–Trinajstić information content (AvgIpc) is 3.19. The zero-order valence-corrected chi connectivity index (χ0v) is 19.0. The maximum absolute atomic E-state index is 5.63. The zero-order chi connectivity index (χ0) is 18.8. The smallest absolute Gasteiger partial charge is 0.191 e. The Kier molecular flexibility index (Phi) is 11.3. The van der Waals surface area contributed by atoms with E-state index in [9.17, 15) is 0 Å². The molecule has 1 atom stereocenters. The van der Waals surface area contributed by atoms with Gasteiger partial charge in [0.05, 0.1) is 34.0 Å². The van der Waals surface area contributed by atoms with Gasteiger partial charge in [-0.3, -0.25) is 4.99 Å². The number of halogens is 1. The molecule has 1 aromatic carbocycles. The highest BCUT2D eigenvalue weighted by Gasteiger charge is 2.15. The Morgan fingerprint density at radius 3 is 2.37 bits per heavy atom. The molecule has 0 bridgehead atoms. The predicted molar refractivity (Wildman–Crippen MR) is 118 cm³/mol. The van der Waals surface area contributed by atoms with Crippen LogP contribution >= 0.6 is 24.0 Å². The summed E-state index contributed by atoms with van der Waals surface area (Å²) in [5.74, 6) is 3.02. The lowest BCUT2D eigenvalue weighted by molar-refractivity contribution is 0.117. The van der Waals surface area contributed by atoms with Crippen LogP contribution < -0.4 is 24.8 Å². The Morgan fingerprint density at radius 1 is 1.15 bits per heavy atom. The maximum atomic E-state index is 5.63. The second-order valence-electron chi connectivity index (χ2n) is 6.04. The molecule has 2 N–H and O–H groups in total. The van der Waals surface area contributed by atoms with Gasteiger partial charge in [0, 0.05) is 37.4 Å². The van der Waals surface area contributed by atoms with Crippen LogP contribution in [0.4, 0.5) is 0 Å². The lowest BCUT2D eigenvalue weighted by atomic mass is 10.1. The minimum atomic E-state index is 0. The van der Waals surface area contributed by atoms with Crippen LogP contribution in [0.1, 0.15) is 25.3 Å². The molecular formula is C19H32IN3O4. The lowest BCUT2D eigenvalue weighted by Crippen LogP contribution is -2.39. The highest BCUT2D eigenvalue weighted by molar-refractivity contribution is 14.0. The first-order chi connectivity index (χ1) is 12.7. The molecule has 7 nitrogen and oxygen atoms in total. The van der Waals surface area contributed by atoms with Crippen molar-refractivity contribution in [3.63, 3.8) is 0 Å². The summed E-state index contributed by atoms with van der Waals surface area (Å²) in [6.07, 6.45) is 3.19. The first kappa shape index (κ1) is 23.6. The van der Waals surface area contributed by atoms with Gasteiger partial charge in [0.1, 0.15) is 17.2 Å². The minimum Gasteiger partial charge on any atom is -0.496 e. The van der Waals surface area contributed by atoms with Crippen molar-refractivity contribution in [3.05, 3.63) is 17.7 Å². The monoisotopic (exact) mass is 493 g/mol. The summed E-state index contributed by atoms with van der Waals surface area (Å²) in [6.45, 7) is 5.10. The molecule has 1 aliphatic rings. The fraction of sp³-hybridized carbons (Fsp3) is 0.632. The van der Waals surface area contributed by atoms with Gasteiger partial charge in [-0.1, -0.05) is 0 Å². The third-order valence-electron chi connectivity index (χ3n) is 4.31. The maximum Gasteiger partial charge on any atom is 0.191 e. The van der Waals surface area contributed by atoms with Gasteiger partial charge in [0.15, 0.2) is 5.96 Å². The quantitative estimate of drug-likeness (QED) is 0.313. The molecule has 0 spiro atoms. The van der Waals surface area contributed by atoms with Crippen molar-refractivity contribution in [2.75, 3.05) is 47.6 Å². The molecule has 1 fully saturated rings. The molecule has 1 saturated heterocycles. The van der Waals surface area contributed by atoms with Crippen molar-refractivity contribution in [2.24, 2.45) is 4.99 Å². The van der Waals surface area contributed by atoms with Crippen molar-refractivity contribution >= 4 is 29.9 Å². The number of nitrogens with one attached hydrogen (secondary N) is 2. The van der Waals surface area contributed by atoms with E-state index in [2.05, 4.69) is 22.5 Å². The Hall–Kier alpha value is -1.42. The predicted octanol–water partition coefficient (Wildman–Crippen LogP) is 2.61. The Balaban J connectivity index is 0.00000364. The standard InChI is InChI=1S/C19H31N3O4.HI/c1-5-20-19(22-13-14-7-6-10-26-14)21-9-8-16-17(24-3)11-15(23-2)12-18(16)25-4;/h11-12,14H,5-10,13H2,1-4H3,(H2,20,21,22);1H. The number of methoxy groups -OCH3 is 3. The molecule has 154 valence electrons. The molecule has 8 heteroatoms. The summed E-state index contributed by atoms with van der Waals surface area (Å²) in [6, 6.07) is 3.74. The molecule has 0 radical (unpaired) electrons. The topological polar surface area (TPSA) is 73.3 Å². The molecule has 1 aromatic rings. The van der Waals surface area contributed by atoms with Crippen LogP contribution in [0.3, 0.4) is 0 Å². The van der Waals surface area contributed by atoms with E-state index in [1.807, 2.05) is 12.1 Å². The zero-order valence-electron chi connectivity index (χ0n) is 16.7. The van der Waals surface area contributed by atoms with E-state index in [1.165, 1.54) is 0 Å². The van der Waals surface area contributed by atoms with E-state index >= 15 is 0 Å². The molecular weight excluding hydrogens is 461 g/mol. The van der Waals surface area contributed by atoms with Crippen molar-refractivity contribution in [3.8, 4) is 17.2 Å². The van der Waals surface area contributed by atoms with E-state index in [4.69, 9.17) is 18.9 Å². The number of rotatable bonds is 9. The number of aliphatic imine (C=N–C) groups is 1. The number of hydrogen-bond donors (Lipinski definition) is 2. The van der Waals surface area contributed by atoms with Crippen molar-refractivity contribution in [1.82, 2.24) is 10.6 Å². The summed E-state index contributed by atoms with van der Waals surface area (Å²) in [5.41, 5.74) is 0.998. The second-order valence-corrected chi connectivity index (χ2v) is 6.04. The van der Waals surface area contributed by atoms with Crippen LogP contribution in [-0.4, -0.2) is 59.6 Å². The Morgan fingerprint density at radius 2 is 1.85 bits per heavy atom. The van der Waals surface area contributed by atoms with Gasteiger partial charge in [-0.05, 0) is 26.2 Å². The van der Waals surface area contributed by atoms with Gasteiger partial charge < -0.3 is 29.6 Å². The highest BCUT2D eigenvalue weighted by atomic mass is 127. The van der Waals surface area contributed by atoms with E-state index in [0.717, 1.165) is 55.4 Å². The molecule has 1 aliphatic heterocycles. The summed E-state index contributed by atoms with van der Waals surface area (Å²) < 4.78 is 21.9. The molecule has 0 aromatic heterocycles. The van der Waals surface area contributed by atoms with Crippen LogP contribution in [-0.2, 0) is 11.2 Å². The van der Waals surface area contributed by atoms with Crippen LogP contribution in [0, 0.1) is 0 Å². The van der Waals surface area contributed by atoms with Crippen LogP contribution in [0.2, 0.25) is 0 Å². The van der Waals surface area contributed by atoms with E-state index in [0.29, 0.717) is 18.8 Å². The number of guanidine groups is 1. The largest absolute Gasteiger partial charge is 0.496 e. The Bertz CT molecular complexity index is 567. The average molecular weight is 493 g/mol. The third kappa shape index (κ3) is 7.25. The van der Waals surface area contributed by atoms with Crippen molar-refractivity contribution in [1.29, 1.82) is 0 Å². The fourth-order valence-corrected chi connectivity index (χ4v) is 2.95. The van der Waals surface area contributed by atoms with E-state index in [1.54, 1.807) is 21.3 Å². The SMILES string of the molecule is CCNC(=NCC1CCCO1)NCCc1c(OC)cc(OC)cc1OC.I. The molecule has 1 unspecified atom stereocenters. The number of hydrogen-bond acceptors (Lipinski definition) is 5. The van der Waals surface area contributed by atoms with Gasteiger partial charge in [-0.2, -0.15) is 0 Å². The summed E-state index contributed by atoms with van der Waals surface area (Å²) in [5, 5.41) is 6.63. The summed E-state index contributed by atoms with van der Waals surface area (Å²) >= 11 is 0. The number of nitrogens with zero attached hydrogens (tertiary/aromatic N) is 1. The fourth-order valence-electron chi connectivity index (χ4n) is 2.95. The number of benzene rings is 1. The van der Waals surface area contributed by atoms with Gasteiger partial charge in [0.2, 0.25) is 0 Å². The van der Waals surface area contributed by atoms with Gasteiger partial charge in [0.25, 0.3) is 0 Å². The molecule has 0 saturated carbocycles. The van der Waals surface area contributed by atoms with E-state index < -0.39 is 0 Å². The summed E-state index contributed by atoms with van der Waals surface area (Å²) in [7, 11) is 4.93. The number of ether oxygens (including phenoxy) is 4. The molecule has 1 heterocycles. The minimum absolute atomic E-state index is 0. The van der Waals surface area contributed by atoms with Gasteiger partial charge >= 0.3 is 0 Å². The molecule has 0 aliphatic carbocycles. The molecule has 27 heavy (non-hydrogen) atoms. The molecule has 0 amide bonds. The van der Waals surface area contributed by atoms with E-state index in [-0.39, 0.29) is 30.1 Å². The van der Waals surface area contributed by atoms with Crippen LogP contribution in [0.5, 0.6) is 17.2 Å². The summed E-state index contributed by atoms with van der Waals surface area (Å²) in [4.78, 5) is 4.63. The van der Waals surface area contributed by atoms with Gasteiger partial charge in [-0.15, -0.1) is 24.0 Å². The highest BCUT2D eigenvalue weighted by Crippen LogP contribution is 2.34. The molecule has 2 rings (SSSR count). The first-order valence-electron chi connectivity index (χ1n) is 9.14. The lowest BCUT2D eigenvalue weighted by Gasteiger charge is -2.16.